The van der Waals surface area contributed by atoms with Crippen LogP contribution in [0.25, 0.3) is 11.0 Å². The first-order chi connectivity index (χ1) is 14.7. The molecule has 0 atom stereocenters. The number of urea groups is 1. The number of nitrogens with one attached hydrogen (secondary N) is 1. The van der Waals surface area contributed by atoms with Gasteiger partial charge in [0, 0.05) is 23.6 Å². The van der Waals surface area contributed by atoms with Gasteiger partial charge in [-0.25, -0.2) is 9.59 Å². The van der Waals surface area contributed by atoms with Crippen LogP contribution in [0, 0.1) is 0 Å². The summed E-state index contributed by atoms with van der Waals surface area (Å²) in [6, 6.07) is 2.80. The van der Waals surface area contributed by atoms with Crippen LogP contribution in [0.1, 0.15) is 43.7 Å². The maximum absolute atomic E-state index is 13.3. The van der Waals surface area contributed by atoms with Gasteiger partial charge >= 0.3 is 17.8 Å². The van der Waals surface area contributed by atoms with E-state index in [1.165, 1.54) is 17.0 Å². The number of amides is 3. The van der Waals surface area contributed by atoms with Crippen molar-refractivity contribution in [3.8, 4) is 5.75 Å². The predicted octanol–water partition coefficient (Wildman–Crippen LogP) is 3.87. The highest BCUT2D eigenvalue weighted by Gasteiger charge is 2.34. The highest BCUT2D eigenvalue weighted by atomic mass is 19.4. The average molecular weight is 440 g/mol. The topological polar surface area (TPSA) is 88.9 Å². The molecule has 1 aliphatic heterocycles. The molecule has 31 heavy (non-hydrogen) atoms. The number of imide groups is 1. The molecular weight excluding hydrogens is 417 g/mol. The van der Waals surface area contributed by atoms with Crippen molar-refractivity contribution in [1.82, 2.24) is 10.2 Å². The first-order valence-corrected chi connectivity index (χ1v) is 10.1. The van der Waals surface area contributed by atoms with Gasteiger partial charge < -0.3 is 14.5 Å². The SMILES string of the molecule is CCCc1c(OCCCCCN2C(=O)CNC2=O)ccc2c(C(F)(F)F)cc(=O)oc12. The van der Waals surface area contributed by atoms with Crippen LogP contribution in [-0.2, 0) is 17.4 Å². The lowest BCUT2D eigenvalue weighted by Gasteiger charge is -2.16. The number of unbranched alkanes of at least 4 members (excludes halogenated alkanes) is 2. The second kappa shape index (κ2) is 9.40. The Bertz CT molecular complexity index is 1020. The lowest BCUT2D eigenvalue weighted by atomic mass is 10.0. The number of benzene rings is 1. The summed E-state index contributed by atoms with van der Waals surface area (Å²) in [6.45, 7) is 2.51. The van der Waals surface area contributed by atoms with E-state index in [0.29, 0.717) is 62.6 Å². The number of rotatable bonds is 9. The molecule has 10 heteroatoms. The summed E-state index contributed by atoms with van der Waals surface area (Å²) in [6.07, 6.45) is -1.72. The van der Waals surface area contributed by atoms with Gasteiger partial charge in [-0.2, -0.15) is 13.2 Å². The number of alkyl halides is 3. The third-order valence-corrected chi connectivity index (χ3v) is 5.00. The molecule has 1 aliphatic rings. The van der Waals surface area contributed by atoms with E-state index in [0.717, 1.165) is 0 Å². The molecule has 0 saturated carbocycles. The molecule has 1 aromatic carbocycles. The summed E-state index contributed by atoms with van der Waals surface area (Å²) in [7, 11) is 0. The highest BCUT2D eigenvalue weighted by Crippen LogP contribution is 2.37. The van der Waals surface area contributed by atoms with Crippen LogP contribution in [0.3, 0.4) is 0 Å². The Labute approximate surface area is 176 Å². The van der Waals surface area contributed by atoms with Gasteiger partial charge in [0.25, 0.3) is 0 Å². The normalized spacial score (nSPS) is 14.4. The number of carbonyl (C=O) groups excluding carboxylic acids is 2. The molecule has 1 fully saturated rings. The Morgan fingerprint density at radius 1 is 1.16 bits per heavy atom. The van der Waals surface area contributed by atoms with Gasteiger partial charge in [0.15, 0.2) is 0 Å². The van der Waals surface area contributed by atoms with Crippen LogP contribution in [0.15, 0.2) is 27.4 Å². The lowest BCUT2D eigenvalue weighted by molar-refractivity contribution is -0.136. The van der Waals surface area contributed by atoms with E-state index in [1.807, 2.05) is 6.92 Å². The van der Waals surface area contributed by atoms with Crippen molar-refractivity contribution < 1.29 is 31.9 Å². The molecule has 0 radical (unpaired) electrons. The third-order valence-electron chi connectivity index (χ3n) is 5.00. The Balaban J connectivity index is 1.68. The van der Waals surface area contributed by atoms with Gasteiger partial charge in [-0.3, -0.25) is 9.69 Å². The molecule has 2 aromatic rings. The fourth-order valence-corrected chi connectivity index (χ4v) is 3.53. The zero-order chi connectivity index (χ0) is 22.6. The molecule has 3 rings (SSSR count). The molecule has 0 bridgehead atoms. The van der Waals surface area contributed by atoms with Crippen molar-refractivity contribution in [2.75, 3.05) is 19.7 Å². The molecular formula is C21H23F3N2O5. The van der Waals surface area contributed by atoms with Crippen molar-refractivity contribution in [1.29, 1.82) is 0 Å². The van der Waals surface area contributed by atoms with Crippen molar-refractivity contribution in [3.63, 3.8) is 0 Å². The van der Waals surface area contributed by atoms with Crippen LogP contribution in [0.5, 0.6) is 5.75 Å². The fourth-order valence-electron chi connectivity index (χ4n) is 3.53. The van der Waals surface area contributed by atoms with Gasteiger partial charge in [-0.05, 0) is 37.8 Å². The van der Waals surface area contributed by atoms with E-state index in [9.17, 15) is 27.6 Å². The van der Waals surface area contributed by atoms with Gasteiger partial charge in [0.05, 0.1) is 18.7 Å². The monoisotopic (exact) mass is 440 g/mol. The van der Waals surface area contributed by atoms with Crippen molar-refractivity contribution in [3.05, 3.63) is 39.7 Å². The quantitative estimate of drug-likeness (QED) is 0.363. The fraction of sp³-hybridized carbons (Fsp3) is 0.476. The first-order valence-electron chi connectivity index (χ1n) is 10.1. The summed E-state index contributed by atoms with van der Waals surface area (Å²) < 4.78 is 50.9. The van der Waals surface area contributed by atoms with Gasteiger partial charge in [0.2, 0.25) is 5.91 Å². The number of halogens is 3. The maximum Gasteiger partial charge on any atom is 0.417 e. The Morgan fingerprint density at radius 2 is 1.94 bits per heavy atom. The van der Waals surface area contributed by atoms with Gasteiger partial charge in [0.1, 0.15) is 11.3 Å². The molecule has 0 unspecified atom stereocenters. The van der Waals surface area contributed by atoms with E-state index in [-0.39, 0.29) is 29.5 Å². The average Bonchev–Trinajstić information content (AvgIpc) is 3.02. The van der Waals surface area contributed by atoms with Crippen LogP contribution in [-0.4, -0.2) is 36.5 Å². The van der Waals surface area contributed by atoms with Crippen LogP contribution >= 0.6 is 0 Å². The number of fused-ring (bicyclic) bond motifs is 1. The smallest absolute Gasteiger partial charge is 0.417 e. The largest absolute Gasteiger partial charge is 0.493 e. The Kier molecular flexibility index (Phi) is 6.87. The van der Waals surface area contributed by atoms with Crippen LogP contribution in [0.2, 0.25) is 0 Å². The molecule has 1 aromatic heterocycles. The zero-order valence-corrected chi connectivity index (χ0v) is 17.0. The van der Waals surface area contributed by atoms with E-state index < -0.39 is 17.4 Å². The Morgan fingerprint density at radius 3 is 2.58 bits per heavy atom. The minimum atomic E-state index is -4.67. The Hall–Kier alpha value is -3.04. The second-order valence-corrected chi connectivity index (χ2v) is 7.26. The summed E-state index contributed by atoms with van der Waals surface area (Å²) in [4.78, 5) is 35.9. The summed E-state index contributed by atoms with van der Waals surface area (Å²) in [5.74, 6) is 0.132. The lowest BCUT2D eigenvalue weighted by Crippen LogP contribution is -2.31. The molecule has 1 N–H and O–H groups in total. The summed E-state index contributed by atoms with van der Waals surface area (Å²) in [5.41, 5.74) is -1.75. The molecule has 2 heterocycles. The number of nitrogens with zero attached hydrogens (tertiary/aromatic N) is 1. The predicted molar refractivity (Wildman–Crippen MR) is 106 cm³/mol. The van der Waals surface area contributed by atoms with Crippen LogP contribution in [0.4, 0.5) is 18.0 Å². The second-order valence-electron chi connectivity index (χ2n) is 7.26. The molecule has 3 amide bonds. The number of hydrogen-bond donors (Lipinski definition) is 1. The van der Waals surface area contributed by atoms with E-state index in [2.05, 4.69) is 5.32 Å². The number of hydrogen-bond acceptors (Lipinski definition) is 5. The van der Waals surface area contributed by atoms with E-state index >= 15 is 0 Å². The molecule has 1 saturated heterocycles. The maximum atomic E-state index is 13.3. The van der Waals surface area contributed by atoms with E-state index in [4.69, 9.17) is 9.15 Å². The first kappa shape index (κ1) is 22.6. The van der Waals surface area contributed by atoms with Crippen LogP contribution < -0.4 is 15.7 Å². The van der Waals surface area contributed by atoms with Crippen molar-refractivity contribution >= 4 is 22.9 Å². The molecule has 0 aliphatic carbocycles. The molecule has 168 valence electrons. The van der Waals surface area contributed by atoms with Crippen molar-refractivity contribution in [2.24, 2.45) is 0 Å². The van der Waals surface area contributed by atoms with Gasteiger partial charge in [-0.1, -0.05) is 13.3 Å². The minimum Gasteiger partial charge on any atom is -0.493 e. The highest BCUT2D eigenvalue weighted by molar-refractivity contribution is 6.01. The molecule has 7 nitrogen and oxygen atoms in total. The number of carbonyl (C=O) groups is 2. The number of aryl methyl sites for hydroxylation is 1. The summed E-state index contributed by atoms with van der Waals surface area (Å²) >= 11 is 0. The summed E-state index contributed by atoms with van der Waals surface area (Å²) in [5, 5.41) is 2.28. The van der Waals surface area contributed by atoms with Crippen molar-refractivity contribution in [2.45, 2.75) is 45.2 Å². The molecule has 0 spiro atoms. The zero-order valence-electron chi connectivity index (χ0n) is 17.0. The number of ether oxygens (including phenoxy) is 1. The minimum absolute atomic E-state index is 0.0241. The standard InChI is InChI=1S/C21H23F3N2O5/c1-2-6-14-16(30-10-5-3-4-9-26-17(27)12-25-20(26)29)8-7-13-15(21(22,23)24)11-18(28)31-19(13)14/h7-8,11H,2-6,9-10,12H2,1H3,(H,25,29). The van der Waals surface area contributed by atoms with E-state index in [1.54, 1.807) is 0 Å². The van der Waals surface area contributed by atoms with Gasteiger partial charge in [-0.15, -0.1) is 0 Å². The third kappa shape index (κ3) is 5.18.